The molecule has 3 heteroatoms. The van der Waals surface area contributed by atoms with Gasteiger partial charge in [-0.3, -0.25) is 0 Å². The molecule has 2 rings (SSSR count). The van der Waals surface area contributed by atoms with Crippen molar-refractivity contribution in [3.63, 3.8) is 0 Å². The van der Waals surface area contributed by atoms with Crippen molar-refractivity contribution in [2.24, 2.45) is 0 Å². The minimum atomic E-state index is 0.403. The third-order valence-electron chi connectivity index (χ3n) is 2.74. The van der Waals surface area contributed by atoms with Gasteiger partial charge in [-0.15, -0.1) is 0 Å². The molecule has 0 aliphatic carbocycles. The first-order chi connectivity index (χ1) is 5.41. The zero-order valence-corrected chi connectivity index (χ0v) is 6.95. The van der Waals surface area contributed by atoms with Crippen molar-refractivity contribution in [1.82, 2.24) is 16.0 Å². The topological polar surface area (TPSA) is 36.1 Å². The lowest BCUT2D eigenvalue weighted by Gasteiger charge is -2.44. The lowest BCUT2D eigenvalue weighted by molar-refractivity contribution is 0.186. The smallest absolute Gasteiger partial charge is 0.0444 e. The van der Waals surface area contributed by atoms with E-state index in [0.717, 1.165) is 26.2 Å². The molecule has 2 saturated heterocycles. The molecule has 11 heavy (non-hydrogen) atoms. The molecule has 0 atom stereocenters. The third kappa shape index (κ3) is 1.55. The van der Waals surface area contributed by atoms with Gasteiger partial charge in [0.15, 0.2) is 0 Å². The van der Waals surface area contributed by atoms with Gasteiger partial charge < -0.3 is 16.0 Å². The second-order valence-electron chi connectivity index (χ2n) is 3.66. The molecule has 2 aliphatic rings. The van der Waals surface area contributed by atoms with Gasteiger partial charge in [0.25, 0.3) is 0 Å². The van der Waals surface area contributed by atoms with E-state index in [0.29, 0.717) is 5.54 Å². The van der Waals surface area contributed by atoms with Gasteiger partial charge in [-0.05, 0) is 32.5 Å². The molecule has 64 valence electrons. The van der Waals surface area contributed by atoms with Crippen LogP contribution in [0.2, 0.25) is 0 Å². The average molecular weight is 155 g/mol. The van der Waals surface area contributed by atoms with Crippen LogP contribution in [0.1, 0.15) is 12.8 Å². The van der Waals surface area contributed by atoms with E-state index < -0.39 is 0 Å². The largest absolute Gasteiger partial charge is 0.315 e. The Bertz CT molecular complexity index is 121. The fourth-order valence-electron chi connectivity index (χ4n) is 1.84. The summed E-state index contributed by atoms with van der Waals surface area (Å²) in [6.07, 6.45) is 2.59. The normalized spacial score (nSPS) is 30.5. The summed E-state index contributed by atoms with van der Waals surface area (Å²) in [6.45, 7) is 5.80. The summed E-state index contributed by atoms with van der Waals surface area (Å²) >= 11 is 0. The molecule has 3 N–H and O–H groups in total. The van der Waals surface area contributed by atoms with Crippen LogP contribution in [0.4, 0.5) is 0 Å². The standard InChI is InChI=1S/C8H17N3/c1-3-9-6-8(2-5-11-8)7-10-4-1/h9-11H,1-7H2. The Morgan fingerprint density at radius 3 is 2.00 bits per heavy atom. The van der Waals surface area contributed by atoms with Gasteiger partial charge in [-0.25, -0.2) is 0 Å². The van der Waals surface area contributed by atoms with Crippen LogP contribution in [-0.4, -0.2) is 38.3 Å². The molecule has 0 bridgehead atoms. The van der Waals surface area contributed by atoms with E-state index in [-0.39, 0.29) is 0 Å². The van der Waals surface area contributed by atoms with Gasteiger partial charge in [0.2, 0.25) is 0 Å². The van der Waals surface area contributed by atoms with Crippen LogP contribution in [0.3, 0.4) is 0 Å². The number of hydrogen-bond donors (Lipinski definition) is 3. The Labute approximate surface area is 67.9 Å². The Morgan fingerprint density at radius 2 is 1.55 bits per heavy atom. The summed E-state index contributed by atoms with van der Waals surface area (Å²) in [7, 11) is 0. The lowest BCUT2D eigenvalue weighted by atomic mass is 9.87. The summed E-state index contributed by atoms with van der Waals surface area (Å²) in [5.74, 6) is 0. The van der Waals surface area contributed by atoms with Crippen LogP contribution in [0.5, 0.6) is 0 Å². The number of nitrogens with one attached hydrogen (secondary N) is 3. The van der Waals surface area contributed by atoms with Crippen molar-refractivity contribution in [3.8, 4) is 0 Å². The van der Waals surface area contributed by atoms with E-state index >= 15 is 0 Å². The number of rotatable bonds is 0. The molecule has 2 aliphatic heterocycles. The Morgan fingerprint density at radius 1 is 0.909 bits per heavy atom. The van der Waals surface area contributed by atoms with E-state index in [9.17, 15) is 0 Å². The fourth-order valence-corrected chi connectivity index (χ4v) is 1.84. The Kier molecular flexibility index (Phi) is 2.11. The summed E-state index contributed by atoms with van der Waals surface area (Å²) in [5.41, 5.74) is 0.403. The van der Waals surface area contributed by atoms with Crippen LogP contribution in [0.15, 0.2) is 0 Å². The van der Waals surface area contributed by atoms with Crippen molar-refractivity contribution >= 4 is 0 Å². The lowest BCUT2D eigenvalue weighted by Crippen LogP contribution is -2.67. The molecule has 1 spiro atoms. The molecule has 3 nitrogen and oxygen atoms in total. The molecule has 0 unspecified atom stereocenters. The van der Waals surface area contributed by atoms with Crippen LogP contribution in [-0.2, 0) is 0 Å². The minimum Gasteiger partial charge on any atom is -0.315 e. The first-order valence-electron chi connectivity index (χ1n) is 4.58. The second-order valence-corrected chi connectivity index (χ2v) is 3.66. The minimum absolute atomic E-state index is 0.403. The van der Waals surface area contributed by atoms with E-state index in [1.807, 2.05) is 0 Å². The molecular formula is C8H17N3. The quantitative estimate of drug-likeness (QED) is 0.433. The molecule has 2 fully saturated rings. The maximum Gasteiger partial charge on any atom is 0.0444 e. The molecule has 0 radical (unpaired) electrons. The van der Waals surface area contributed by atoms with Gasteiger partial charge in [-0.1, -0.05) is 0 Å². The molecule has 0 saturated carbocycles. The van der Waals surface area contributed by atoms with Gasteiger partial charge in [-0.2, -0.15) is 0 Å². The zero-order chi connectivity index (χ0) is 7.57. The van der Waals surface area contributed by atoms with Crippen molar-refractivity contribution in [1.29, 1.82) is 0 Å². The average Bonchev–Trinajstić information content (AvgIpc) is 1.82. The highest BCUT2D eigenvalue weighted by molar-refractivity contribution is 5.00. The summed E-state index contributed by atoms with van der Waals surface area (Å²) in [4.78, 5) is 0. The molecule has 0 aromatic heterocycles. The molecule has 2 heterocycles. The molecular weight excluding hydrogens is 138 g/mol. The van der Waals surface area contributed by atoms with Crippen LogP contribution < -0.4 is 16.0 Å². The zero-order valence-electron chi connectivity index (χ0n) is 6.95. The van der Waals surface area contributed by atoms with E-state index in [4.69, 9.17) is 0 Å². The van der Waals surface area contributed by atoms with Crippen LogP contribution in [0.25, 0.3) is 0 Å². The molecule has 0 amide bonds. The SMILES string of the molecule is C1CNCC2(CCN2)CNC1. The maximum absolute atomic E-state index is 3.50. The summed E-state index contributed by atoms with van der Waals surface area (Å²) < 4.78 is 0. The predicted octanol–water partition coefficient (Wildman–Crippen LogP) is -0.699. The fraction of sp³-hybridized carbons (Fsp3) is 1.00. The second kappa shape index (κ2) is 3.09. The van der Waals surface area contributed by atoms with E-state index in [1.54, 1.807) is 0 Å². The van der Waals surface area contributed by atoms with Gasteiger partial charge >= 0.3 is 0 Å². The monoisotopic (exact) mass is 155 g/mol. The molecule has 0 aromatic rings. The summed E-state index contributed by atoms with van der Waals surface area (Å²) in [6, 6.07) is 0. The van der Waals surface area contributed by atoms with Gasteiger partial charge in [0, 0.05) is 18.6 Å². The Hall–Kier alpha value is -0.120. The highest BCUT2D eigenvalue weighted by Gasteiger charge is 2.35. The van der Waals surface area contributed by atoms with Gasteiger partial charge in [0.05, 0.1) is 0 Å². The van der Waals surface area contributed by atoms with Crippen LogP contribution in [0, 0.1) is 0 Å². The van der Waals surface area contributed by atoms with E-state index in [2.05, 4.69) is 16.0 Å². The number of hydrogen-bond acceptors (Lipinski definition) is 3. The van der Waals surface area contributed by atoms with Crippen molar-refractivity contribution in [3.05, 3.63) is 0 Å². The molecule has 0 aromatic carbocycles. The van der Waals surface area contributed by atoms with E-state index in [1.165, 1.54) is 19.4 Å². The third-order valence-corrected chi connectivity index (χ3v) is 2.74. The van der Waals surface area contributed by atoms with Crippen LogP contribution >= 0.6 is 0 Å². The van der Waals surface area contributed by atoms with Crippen molar-refractivity contribution in [2.45, 2.75) is 18.4 Å². The van der Waals surface area contributed by atoms with Crippen molar-refractivity contribution in [2.75, 3.05) is 32.7 Å². The first-order valence-corrected chi connectivity index (χ1v) is 4.58. The summed E-state index contributed by atoms with van der Waals surface area (Å²) in [5, 5.41) is 10.5. The Balaban J connectivity index is 1.86. The highest BCUT2D eigenvalue weighted by atomic mass is 15.1. The van der Waals surface area contributed by atoms with Gasteiger partial charge in [0.1, 0.15) is 0 Å². The predicted molar refractivity (Wildman–Crippen MR) is 45.7 cm³/mol. The first kappa shape index (κ1) is 7.53. The highest BCUT2D eigenvalue weighted by Crippen LogP contribution is 2.17. The van der Waals surface area contributed by atoms with Crippen molar-refractivity contribution < 1.29 is 0 Å². The maximum atomic E-state index is 3.50.